The minimum atomic E-state index is -3.25. The van der Waals surface area contributed by atoms with Gasteiger partial charge in [-0.25, -0.2) is 17.8 Å². The zero-order chi connectivity index (χ0) is 21.9. The van der Waals surface area contributed by atoms with E-state index in [4.69, 9.17) is 11.6 Å². The first-order chi connectivity index (χ1) is 14.2. The number of benzene rings is 1. The molecule has 9 heteroatoms. The summed E-state index contributed by atoms with van der Waals surface area (Å²) in [6.45, 7) is 6.95. The third-order valence-corrected chi connectivity index (χ3v) is 7.15. The van der Waals surface area contributed by atoms with Gasteiger partial charge in [0.05, 0.1) is 28.9 Å². The molecule has 1 aliphatic rings. The van der Waals surface area contributed by atoms with Crippen molar-refractivity contribution in [2.24, 2.45) is 0 Å². The molecule has 0 spiro atoms. The summed E-state index contributed by atoms with van der Waals surface area (Å²) < 4.78 is 28.6. The maximum absolute atomic E-state index is 13.2. The van der Waals surface area contributed by atoms with Crippen LogP contribution in [0.5, 0.6) is 0 Å². The van der Waals surface area contributed by atoms with Gasteiger partial charge in [-0.2, -0.15) is 5.10 Å². The number of nitrogens with zero attached hydrogens (tertiary/aromatic N) is 3. The van der Waals surface area contributed by atoms with E-state index in [9.17, 15) is 13.2 Å². The second kappa shape index (κ2) is 9.49. The van der Waals surface area contributed by atoms with E-state index in [1.165, 1.54) is 0 Å². The fraction of sp³-hybridized carbons (Fsp3) is 0.524. The van der Waals surface area contributed by atoms with Crippen LogP contribution in [0, 0.1) is 0 Å². The minimum absolute atomic E-state index is 0.0613. The van der Waals surface area contributed by atoms with Crippen LogP contribution in [0.25, 0.3) is 5.69 Å². The lowest BCUT2D eigenvalue weighted by Crippen LogP contribution is -2.47. The van der Waals surface area contributed by atoms with E-state index >= 15 is 0 Å². The van der Waals surface area contributed by atoms with Gasteiger partial charge in [-0.05, 0) is 49.4 Å². The maximum Gasteiger partial charge on any atom is 0.257 e. The molecule has 1 aliphatic heterocycles. The molecule has 0 bridgehead atoms. The normalized spacial score (nSPS) is 15.7. The van der Waals surface area contributed by atoms with E-state index in [2.05, 4.69) is 9.82 Å². The molecule has 164 valence electrons. The molecule has 2 heterocycles. The summed E-state index contributed by atoms with van der Waals surface area (Å²) >= 11 is 5.99. The Bertz CT molecular complexity index is 978. The van der Waals surface area contributed by atoms with Crippen molar-refractivity contribution in [1.82, 2.24) is 19.4 Å². The zero-order valence-corrected chi connectivity index (χ0v) is 19.2. The van der Waals surface area contributed by atoms with Crippen molar-refractivity contribution in [3.05, 3.63) is 46.7 Å². The number of piperidine rings is 1. The van der Waals surface area contributed by atoms with Crippen LogP contribution in [-0.4, -0.2) is 53.9 Å². The van der Waals surface area contributed by atoms with Gasteiger partial charge in [0.2, 0.25) is 10.0 Å². The highest BCUT2D eigenvalue weighted by Gasteiger charge is 2.29. The highest BCUT2D eigenvalue weighted by molar-refractivity contribution is 7.89. The van der Waals surface area contributed by atoms with Crippen LogP contribution in [-0.2, 0) is 10.0 Å². The summed E-state index contributed by atoms with van der Waals surface area (Å²) in [7, 11) is -3.25. The molecule has 0 radical (unpaired) electrons. The van der Waals surface area contributed by atoms with Gasteiger partial charge in [-0.15, -0.1) is 0 Å². The Morgan fingerprint density at radius 1 is 1.23 bits per heavy atom. The highest BCUT2D eigenvalue weighted by atomic mass is 35.5. The summed E-state index contributed by atoms with van der Waals surface area (Å²) in [5.41, 5.74) is 2.30. The fourth-order valence-corrected chi connectivity index (χ4v) is 5.34. The predicted octanol–water partition coefficient (Wildman–Crippen LogP) is 3.58. The Balaban J connectivity index is 1.74. The highest BCUT2D eigenvalue weighted by Crippen LogP contribution is 2.26. The van der Waals surface area contributed by atoms with Crippen molar-refractivity contribution >= 4 is 27.5 Å². The summed E-state index contributed by atoms with van der Waals surface area (Å²) in [5.74, 6) is 0.169. The van der Waals surface area contributed by atoms with Crippen molar-refractivity contribution in [3.8, 4) is 5.69 Å². The van der Waals surface area contributed by atoms with Gasteiger partial charge in [-0.3, -0.25) is 4.79 Å². The molecule has 1 amide bonds. The Kier molecular flexibility index (Phi) is 7.21. The molecule has 3 rings (SSSR count). The van der Waals surface area contributed by atoms with Crippen LogP contribution in [0.1, 0.15) is 62.0 Å². The second-order valence-corrected chi connectivity index (χ2v) is 10.3. The van der Waals surface area contributed by atoms with E-state index in [0.717, 1.165) is 11.4 Å². The number of sulfonamides is 1. The number of hydrogen-bond acceptors (Lipinski definition) is 4. The number of aromatic nitrogens is 2. The Morgan fingerprint density at radius 3 is 2.43 bits per heavy atom. The first-order valence-electron chi connectivity index (χ1n) is 10.3. The topological polar surface area (TPSA) is 84.3 Å². The van der Waals surface area contributed by atoms with Crippen LogP contribution >= 0.6 is 11.6 Å². The molecule has 7 nitrogen and oxygen atoms in total. The quantitative estimate of drug-likeness (QED) is 0.695. The first-order valence-corrected chi connectivity index (χ1v) is 12.4. The van der Waals surface area contributed by atoms with Crippen molar-refractivity contribution < 1.29 is 13.2 Å². The average Bonchev–Trinajstić information content (AvgIpc) is 3.13. The van der Waals surface area contributed by atoms with E-state index in [1.54, 1.807) is 27.9 Å². The molecule has 1 saturated heterocycles. The third-order valence-electron chi connectivity index (χ3n) is 5.26. The Hall–Kier alpha value is -1.90. The molecule has 1 aromatic heterocycles. The molecular weight excluding hydrogens is 424 g/mol. The molecule has 1 aromatic carbocycles. The summed E-state index contributed by atoms with van der Waals surface area (Å²) in [6, 6.07) is 7.24. The number of likely N-dealkylation sites (tertiary alicyclic amines) is 1. The SMILES string of the molecule is CCCS(=O)(=O)NC1CCN(C(=O)c2cnn(-c3ccc(Cl)cc3)c2C(C)C)CC1. The molecule has 30 heavy (non-hydrogen) atoms. The van der Waals surface area contributed by atoms with Crippen molar-refractivity contribution in [2.45, 2.75) is 52.0 Å². The van der Waals surface area contributed by atoms with Gasteiger partial charge in [-0.1, -0.05) is 32.4 Å². The zero-order valence-electron chi connectivity index (χ0n) is 17.6. The first kappa shape index (κ1) is 22.8. The van der Waals surface area contributed by atoms with E-state index < -0.39 is 10.0 Å². The fourth-order valence-electron chi connectivity index (χ4n) is 3.82. The standard InChI is InChI=1S/C21H29ClN4O3S/c1-4-13-30(28,29)24-17-9-11-25(12-10-17)21(27)19-14-23-26(20(19)15(2)3)18-7-5-16(22)6-8-18/h5-8,14-15,17,24H,4,9-13H2,1-3H3. The van der Waals surface area contributed by atoms with E-state index in [-0.39, 0.29) is 23.6 Å². The summed E-state index contributed by atoms with van der Waals surface area (Å²) in [6.07, 6.45) is 3.43. The number of carbonyl (C=O) groups excluding carboxylic acids is 1. The number of carbonyl (C=O) groups is 1. The van der Waals surface area contributed by atoms with E-state index in [1.807, 2.05) is 32.9 Å². The van der Waals surface area contributed by atoms with Crippen molar-refractivity contribution in [1.29, 1.82) is 0 Å². The van der Waals surface area contributed by atoms with Crippen molar-refractivity contribution in [3.63, 3.8) is 0 Å². The third kappa shape index (κ3) is 5.22. The van der Waals surface area contributed by atoms with Crippen LogP contribution in [0.3, 0.4) is 0 Å². The average molecular weight is 453 g/mol. The van der Waals surface area contributed by atoms with Gasteiger partial charge in [0.1, 0.15) is 0 Å². The van der Waals surface area contributed by atoms with Gasteiger partial charge < -0.3 is 4.90 Å². The van der Waals surface area contributed by atoms with Gasteiger partial charge >= 0.3 is 0 Å². The lowest BCUT2D eigenvalue weighted by Gasteiger charge is -2.32. The molecule has 0 aliphatic carbocycles. The smallest absolute Gasteiger partial charge is 0.257 e. The molecular formula is C21H29ClN4O3S. The molecule has 1 N–H and O–H groups in total. The number of halogens is 1. The minimum Gasteiger partial charge on any atom is -0.338 e. The number of rotatable bonds is 7. The molecule has 2 aromatic rings. The van der Waals surface area contributed by atoms with Crippen LogP contribution in [0.15, 0.2) is 30.5 Å². The lowest BCUT2D eigenvalue weighted by molar-refractivity contribution is 0.0709. The Morgan fingerprint density at radius 2 is 1.87 bits per heavy atom. The van der Waals surface area contributed by atoms with Gasteiger partial charge in [0.25, 0.3) is 5.91 Å². The molecule has 0 unspecified atom stereocenters. The predicted molar refractivity (Wildman–Crippen MR) is 119 cm³/mol. The van der Waals surface area contributed by atoms with Crippen LogP contribution < -0.4 is 4.72 Å². The van der Waals surface area contributed by atoms with Crippen LogP contribution in [0.2, 0.25) is 5.02 Å². The van der Waals surface area contributed by atoms with Gasteiger partial charge in [0.15, 0.2) is 0 Å². The molecule has 1 fully saturated rings. The monoisotopic (exact) mass is 452 g/mol. The van der Waals surface area contributed by atoms with Crippen LogP contribution in [0.4, 0.5) is 0 Å². The van der Waals surface area contributed by atoms with Gasteiger partial charge in [0, 0.05) is 24.2 Å². The van der Waals surface area contributed by atoms with Crippen molar-refractivity contribution in [2.75, 3.05) is 18.8 Å². The number of hydrogen-bond donors (Lipinski definition) is 1. The molecule has 0 saturated carbocycles. The summed E-state index contributed by atoms with van der Waals surface area (Å²) in [4.78, 5) is 15.0. The number of amides is 1. The summed E-state index contributed by atoms with van der Waals surface area (Å²) in [5, 5.41) is 5.12. The number of nitrogens with one attached hydrogen (secondary N) is 1. The maximum atomic E-state index is 13.2. The molecule has 0 atom stereocenters. The lowest BCUT2D eigenvalue weighted by atomic mass is 10.0. The largest absolute Gasteiger partial charge is 0.338 e. The second-order valence-electron chi connectivity index (χ2n) is 7.99. The van der Waals surface area contributed by atoms with E-state index in [0.29, 0.717) is 42.9 Å². The Labute approximate surface area is 183 Å².